The molecule has 0 spiro atoms. The third-order valence-corrected chi connectivity index (χ3v) is 3.59. The van der Waals surface area contributed by atoms with E-state index in [0.717, 1.165) is 0 Å². The van der Waals surface area contributed by atoms with E-state index in [4.69, 9.17) is 25.5 Å². The monoisotopic (exact) mass is 394 g/mol. The lowest BCUT2D eigenvalue weighted by molar-refractivity contribution is 0.0480. The van der Waals surface area contributed by atoms with Crippen molar-refractivity contribution in [3.05, 3.63) is 46.2 Å². The number of hydrogen-bond donors (Lipinski definition) is 2. The van der Waals surface area contributed by atoms with Gasteiger partial charge in [-0.2, -0.15) is 0 Å². The maximum atomic E-state index is 12.3. The molecule has 2 rings (SSSR count). The molecule has 0 aliphatic heterocycles. The van der Waals surface area contributed by atoms with E-state index in [1.165, 1.54) is 6.92 Å². The van der Waals surface area contributed by atoms with Crippen LogP contribution in [0.3, 0.4) is 0 Å². The molecule has 0 aliphatic carbocycles. The quantitative estimate of drug-likeness (QED) is 0.709. The van der Waals surface area contributed by atoms with Crippen LogP contribution < -0.4 is 10.6 Å². The molecule has 27 heavy (non-hydrogen) atoms. The van der Waals surface area contributed by atoms with Gasteiger partial charge in [-0.15, -0.1) is 0 Å². The molecule has 144 valence electrons. The Morgan fingerprint density at radius 1 is 1.04 bits per heavy atom. The number of rotatable bonds is 6. The van der Waals surface area contributed by atoms with Gasteiger partial charge in [-0.05, 0) is 39.0 Å². The van der Waals surface area contributed by atoms with E-state index in [2.05, 4.69) is 10.6 Å². The van der Waals surface area contributed by atoms with Crippen LogP contribution in [0.5, 0.6) is 0 Å². The maximum absolute atomic E-state index is 12.3. The molecule has 0 unspecified atom stereocenters. The molecule has 2 N–H and O–H groups in total. The molecule has 0 aliphatic rings. The van der Waals surface area contributed by atoms with Gasteiger partial charge in [0.05, 0.1) is 13.2 Å². The highest BCUT2D eigenvalue weighted by molar-refractivity contribution is 6.30. The Morgan fingerprint density at radius 3 is 2.26 bits per heavy atom. The Kier molecular flexibility index (Phi) is 6.84. The molecule has 0 atom stereocenters. The number of carbonyl (C=O) groups is 3. The second kappa shape index (κ2) is 9.09. The lowest BCUT2D eigenvalue weighted by atomic mass is 10.1. The lowest BCUT2D eigenvalue weighted by Crippen LogP contribution is -2.21. The van der Waals surface area contributed by atoms with Crippen LogP contribution in [-0.4, -0.2) is 31.2 Å². The number of hydrogen-bond acceptors (Lipinski definition) is 6. The van der Waals surface area contributed by atoms with Crippen molar-refractivity contribution in [2.75, 3.05) is 23.8 Å². The van der Waals surface area contributed by atoms with Gasteiger partial charge in [-0.25, -0.2) is 14.4 Å². The summed E-state index contributed by atoms with van der Waals surface area (Å²) < 4.78 is 15.3. The van der Waals surface area contributed by atoms with Crippen molar-refractivity contribution in [2.45, 2.75) is 20.8 Å². The van der Waals surface area contributed by atoms with Crippen molar-refractivity contribution < 1.29 is 28.3 Å². The SMILES string of the molecule is CCOC(=O)c1c(C)oc(NC(=O)Nc2cccc(Cl)c2)c1C(=O)OCC. The Morgan fingerprint density at radius 2 is 1.67 bits per heavy atom. The van der Waals surface area contributed by atoms with Gasteiger partial charge < -0.3 is 19.2 Å². The smallest absolute Gasteiger partial charge is 0.344 e. The van der Waals surface area contributed by atoms with Gasteiger partial charge >= 0.3 is 18.0 Å². The maximum Gasteiger partial charge on any atom is 0.344 e. The second-order valence-electron chi connectivity index (χ2n) is 5.27. The van der Waals surface area contributed by atoms with Crippen molar-refractivity contribution in [3.63, 3.8) is 0 Å². The second-order valence-corrected chi connectivity index (χ2v) is 5.70. The third-order valence-electron chi connectivity index (χ3n) is 3.35. The van der Waals surface area contributed by atoms with E-state index in [1.54, 1.807) is 38.1 Å². The number of esters is 2. The van der Waals surface area contributed by atoms with Gasteiger partial charge in [0.2, 0.25) is 5.88 Å². The topological polar surface area (TPSA) is 107 Å². The number of amides is 2. The molecule has 0 saturated heterocycles. The Labute approximate surface area is 160 Å². The predicted octanol–water partition coefficient (Wildman–Crippen LogP) is 4.24. The number of aryl methyl sites for hydroxylation is 1. The molecule has 1 aromatic carbocycles. The number of benzene rings is 1. The first-order chi connectivity index (χ1) is 12.9. The molecule has 2 amide bonds. The van der Waals surface area contributed by atoms with Crippen LogP contribution in [0.2, 0.25) is 5.02 Å². The molecule has 1 heterocycles. The summed E-state index contributed by atoms with van der Waals surface area (Å²) >= 11 is 5.88. The van der Waals surface area contributed by atoms with Crippen LogP contribution in [0.25, 0.3) is 0 Å². The first-order valence-electron chi connectivity index (χ1n) is 8.18. The summed E-state index contributed by atoms with van der Waals surface area (Å²) in [5.74, 6) is -1.65. The zero-order valence-corrected chi connectivity index (χ0v) is 15.8. The first kappa shape index (κ1) is 20.3. The van der Waals surface area contributed by atoms with Gasteiger partial charge in [0.15, 0.2) is 0 Å². The molecule has 0 saturated carbocycles. The van der Waals surface area contributed by atoms with E-state index >= 15 is 0 Å². The van der Waals surface area contributed by atoms with Gasteiger partial charge in [-0.1, -0.05) is 17.7 Å². The molecule has 2 aromatic rings. The minimum atomic E-state index is -0.810. The Hall–Kier alpha value is -3.00. The van der Waals surface area contributed by atoms with E-state index in [1.807, 2.05) is 0 Å². The summed E-state index contributed by atoms with van der Waals surface area (Å²) in [5, 5.41) is 5.40. The summed E-state index contributed by atoms with van der Waals surface area (Å²) in [7, 11) is 0. The standard InChI is InChI=1S/C18H19ClN2O6/c1-4-25-16(22)13-10(3)27-15(14(13)17(23)26-5-2)21-18(24)20-12-8-6-7-11(19)9-12/h6-9H,4-5H2,1-3H3,(H2,20,21,24). The van der Waals surface area contributed by atoms with Gasteiger partial charge in [0.1, 0.15) is 16.9 Å². The van der Waals surface area contributed by atoms with Crippen molar-refractivity contribution in [3.8, 4) is 0 Å². The number of anilines is 2. The number of urea groups is 1. The number of halogens is 1. The highest BCUT2D eigenvalue weighted by Gasteiger charge is 2.31. The molecular weight excluding hydrogens is 376 g/mol. The van der Waals surface area contributed by atoms with Crippen LogP contribution in [0.4, 0.5) is 16.4 Å². The fraction of sp³-hybridized carbons (Fsp3) is 0.278. The number of carbonyl (C=O) groups excluding carboxylic acids is 3. The number of nitrogens with one attached hydrogen (secondary N) is 2. The van der Waals surface area contributed by atoms with Gasteiger partial charge in [0.25, 0.3) is 0 Å². The summed E-state index contributed by atoms with van der Waals surface area (Å²) in [6.07, 6.45) is 0. The van der Waals surface area contributed by atoms with E-state index < -0.39 is 18.0 Å². The first-order valence-corrected chi connectivity index (χ1v) is 8.56. The summed E-state index contributed by atoms with van der Waals surface area (Å²) in [5.41, 5.74) is 0.147. The highest BCUT2D eigenvalue weighted by Crippen LogP contribution is 2.29. The molecule has 0 fully saturated rings. The molecular formula is C18H19ClN2O6. The average molecular weight is 395 g/mol. The van der Waals surface area contributed by atoms with Crippen molar-refractivity contribution in [1.82, 2.24) is 0 Å². The van der Waals surface area contributed by atoms with Crippen LogP contribution in [-0.2, 0) is 9.47 Å². The van der Waals surface area contributed by atoms with Crippen LogP contribution in [0.15, 0.2) is 28.7 Å². The van der Waals surface area contributed by atoms with E-state index in [-0.39, 0.29) is 36.0 Å². The lowest BCUT2D eigenvalue weighted by Gasteiger charge is -2.08. The van der Waals surface area contributed by atoms with Gasteiger partial charge in [-0.3, -0.25) is 5.32 Å². The van der Waals surface area contributed by atoms with Crippen LogP contribution in [0.1, 0.15) is 40.3 Å². The summed E-state index contributed by atoms with van der Waals surface area (Å²) in [6, 6.07) is 5.81. The molecule has 1 aromatic heterocycles. The molecule has 0 bridgehead atoms. The number of ether oxygens (including phenoxy) is 2. The van der Waals surface area contributed by atoms with Crippen LogP contribution in [0, 0.1) is 6.92 Å². The third kappa shape index (κ3) is 5.01. The van der Waals surface area contributed by atoms with Crippen molar-refractivity contribution in [1.29, 1.82) is 0 Å². The zero-order chi connectivity index (χ0) is 20.0. The Balaban J connectivity index is 2.32. The van der Waals surface area contributed by atoms with E-state index in [0.29, 0.717) is 10.7 Å². The minimum absolute atomic E-state index is 0.0828. The summed E-state index contributed by atoms with van der Waals surface area (Å²) in [4.78, 5) is 36.8. The predicted molar refractivity (Wildman–Crippen MR) is 99.5 cm³/mol. The Bertz CT molecular complexity index is 862. The zero-order valence-electron chi connectivity index (χ0n) is 15.1. The molecule has 0 radical (unpaired) electrons. The van der Waals surface area contributed by atoms with Crippen molar-refractivity contribution >= 4 is 41.1 Å². The fourth-order valence-electron chi connectivity index (χ4n) is 2.31. The molecule has 9 heteroatoms. The normalized spacial score (nSPS) is 10.2. The van der Waals surface area contributed by atoms with E-state index in [9.17, 15) is 14.4 Å². The number of furan rings is 1. The largest absolute Gasteiger partial charge is 0.462 e. The van der Waals surface area contributed by atoms with Gasteiger partial charge in [0, 0.05) is 10.7 Å². The minimum Gasteiger partial charge on any atom is -0.462 e. The average Bonchev–Trinajstić information content (AvgIpc) is 2.91. The summed E-state index contributed by atoms with van der Waals surface area (Å²) in [6.45, 7) is 4.93. The fourth-order valence-corrected chi connectivity index (χ4v) is 2.50. The van der Waals surface area contributed by atoms with Crippen molar-refractivity contribution in [2.24, 2.45) is 0 Å². The molecule has 8 nitrogen and oxygen atoms in total. The highest BCUT2D eigenvalue weighted by atomic mass is 35.5. The van der Waals surface area contributed by atoms with Crippen LogP contribution >= 0.6 is 11.6 Å².